The second-order valence-electron chi connectivity index (χ2n) is 8.84. The molecule has 0 saturated heterocycles. The lowest BCUT2D eigenvalue weighted by atomic mass is 10.0. The lowest BCUT2D eigenvalue weighted by Crippen LogP contribution is -2.53. The summed E-state index contributed by atoms with van der Waals surface area (Å²) < 4.78 is 6.82. The number of halogens is 2. The number of aryl methyl sites for hydroxylation is 1. The largest absolute Gasteiger partial charge is 0.484 e. The molecule has 0 aliphatic rings. The second-order valence-corrected chi connectivity index (χ2v) is 10.1. The lowest BCUT2D eigenvalue weighted by Gasteiger charge is -2.32. The molecule has 0 aliphatic carbocycles. The van der Waals surface area contributed by atoms with Gasteiger partial charge < -0.3 is 15.0 Å². The van der Waals surface area contributed by atoms with Crippen molar-refractivity contribution < 1.29 is 14.3 Å². The molecule has 36 heavy (non-hydrogen) atoms. The highest BCUT2D eigenvalue weighted by Crippen LogP contribution is 2.23. The van der Waals surface area contributed by atoms with Gasteiger partial charge in [0.15, 0.2) is 6.61 Å². The smallest absolute Gasteiger partial charge is 0.261 e. The van der Waals surface area contributed by atoms with Crippen molar-refractivity contribution in [2.75, 3.05) is 6.61 Å². The second kappa shape index (κ2) is 13.5. The third kappa shape index (κ3) is 7.84. The molecule has 0 bridgehead atoms. The Hall–Kier alpha value is -2.83. The van der Waals surface area contributed by atoms with Crippen LogP contribution >= 0.6 is 27.5 Å². The summed E-state index contributed by atoms with van der Waals surface area (Å²) in [7, 11) is 0. The summed E-state index contributed by atoms with van der Waals surface area (Å²) in [6.45, 7) is 5.91. The van der Waals surface area contributed by atoms with Gasteiger partial charge >= 0.3 is 0 Å². The van der Waals surface area contributed by atoms with Gasteiger partial charge in [0.2, 0.25) is 5.91 Å². The van der Waals surface area contributed by atoms with Gasteiger partial charge in [-0.25, -0.2) is 0 Å². The fourth-order valence-corrected chi connectivity index (χ4v) is 4.18. The highest BCUT2D eigenvalue weighted by molar-refractivity contribution is 9.10. The third-order valence-corrected chi connectivity index (χ3v) is 7.32. The van der Waals surface area contributed by atoms with Crippen molar-refractivity contribution in [3.8, 4) is 5.75 Å². The minimum atomic E-state index is -0.736. The maximum atomic E-state index is 13.6. The molecule has 3 aromatic rings. The van der Waals surface area contributed by atoms with Crippen molar-refractivity contribution in [2.24, 2.45) is 0 Å². The molecule has 0 aromatic heterocycles. The van der Waals surface area contributed by atoms with Gasteiger partial charge in [-0.3, -0.25) is 9.59 Å². The van der Waals surface area contributed by atoms with Crippen molar-refractivity contribution in [1.29, 1.82) is 0 Å². The van der Waals surface area contributed by atoms with Crippen LogP contribution in [-0.4, -0.2) is 35.4 Å². The summed E-state index contributed by atoms with van der Waals surface area (Å²) in [6, 6.07) is 21.9. The first-order chi connectivity index (χ1) is 17.3. The minimum absolute atomic E-state index is 0.0185. The molecule has 1 N–H and O–H groups in total. The Balaban J connectivity index is 1.92. The van der Waals surface area contributed by atoms with Crippen LogP contribution in [-0.2, 0) is 22.6 Å². The molecule has 0 fully saturated rings. The number of carbonyl (C=O) groups excluding carboxylic acids is 2. The number of ether oxygens (including phenoxy) is 1. The van der Waals surface area contributed by atoms with Crippen LogP contribution in [0.4, 0.5) is 0 Å². The fraction of sp³-hybridized carbons (Fsp3) is 0.310. The van der Waals surface area contributed by atoms with Crippen molar-refractivity contribution in [3.05, 3.63) is 99.0 Å². The summed E-state index contributed by atoms with van der Waals surface area (Å²) in [5.41, 5.74) is 2.73. The number of nitrogens with one attached hydrogen (secondary N) is 1. The number of hydrogen-bond acceptors (Lipinski definition) is 3. The molecule has 0 saturated carbocycles. The standard InChI is InChI=1S/C29H32BrClN2O3/c1-4-21(3)32-29(35)27(17-22-10-6-5-7-11-22)33(18-23-12-8-9-13-26(23)31)28(34)19-36-24-14-15-25(30)20(2)16-24/h5-16,21,27H,4,17-19H2,1-3H3,(H,32,35)/t21-,27+/m1/s1. The van der Waals surface area contributed by atoms with Crippen LogP contribution in [0.5, 0.6) is 5.75 Å². The minimum Gasteiger partial charge on any atom is -0.484 e. The van der Waals surface area contributed by atoms with Crippen LogP contribution in [0.25, 0.3) is 0 Å². The van der Waals surface area contributed by atoms with E-state index in [1.165, 1.54) is 0 Å². The van der Waals surface area contributed by atoms with Crippen LogP contribution in [0.15, 0.2) is 77.3 Å². The Morgan fingerprint density at radius 2 is 1.75 bits per heavy atom. The van der Waals surface area contributed by atoms with E-state index in [1.807, 2.05) is 81.4 Å². The predicted octanol–water partition coefficient (Wildman–Crippen LogP) is 6.34. The van der Waals surface area contributed by atoms with Crippen LogP contribution in [0.2, 0.25) is 5.02 Å². The van der Waals surface area contributed by atoms with E-state index >= 15 is 0 Å². The Bertz CT molecular complexity index is 1170. The first-order valence-corrected chi connectivity index (χ1v) is 13.2. The molecule has 3 aromatic carbocycles. The van der Waals surface area contributed by atoms with Crippen LogP contribution < -0.4 is 10.1 Å². The molecule has 0 radical (unpaired) electrons. The molecule has 190 valence electrons. The van der Waals surface area contributed by atoms with Crippen molar-refractivity contribution in [1.82, 2.24) is 10.2 Å². The fourth-order valence-electron chi connectivity index (χ4n) is 3.74. The normalized spacial score (nSPS) is 12.5. The SMILES string of the molecule is CC[C@@H](C)NC(=O)[C@H](Cc1ccccc1)N(Cc1ccccc1Cl)C(=O)COc1ccc(Br)c(C)c1. The van der Waals surface area contributed by atoms with Crippen molar-refractivity contribution >= 4 is 39.3 Å². The maximum absolute atomic E-state index is 13.6. The molecule has 5 nitrogen and oxygen atoms in total. The molecular formula is C29H32BrClN2O3. The van der Waals surface area contributed by atoms with E-state index in [0.717, 1.165) is 27.6 Å². The average Bonchev–Trinajstić information content (AvgIpc) is 2.88. The zero-order chi connectivity index (χ0) is 26.1. The van der Waals surface area contributed by atoms with E-state index in [9.17, 15) is 9.59 Å². The maximum Gasteiger partial charge on any atom is 0.261 e. The first-order valence-electron chi connectivity index (χ1n) is 12.0. The Morgan fingerprint density at radius 1 is 1.06 bits per heavy atom. The molecule has 0 unspecified atom stereocenters. The summed E-state index contributed by atoms with van der Waals surface area (Å²) in [5, 5.41) is 3.60. The number of nitrogens with zero attached hydrogens (tertiary/aromatic N) is 1. The van der Waals surface area contributed by atoms with Gasteiger partial charge in [0.25, 0.3) is 5.91 Å². The van der Waals surface area contributed by atoms with Gasteiger partial charge in [-0.2, -0.15) is 0 Å². The number of hydrogen-bond donors (Lipinski definition) is 1. The van der Waals surface area contributed by atoms with E-state index in [-0.39, 0.29) is 31.0 Å². The Labute approximate surface area is 226 Å². The van der Waals surface area contributed by atoms with Crippen molar-refractivity contribution in [2.45, 2.75) is 52.2 Å². The number of rotatable bonds is 11. The van der Waals surface area contributed by atoms with E-state index in [1.54, 1.807) is 17.0 Å². The Kier molecular flexibility index (Phi) is 10.4. The quantitative estimate of drug-likeness (QED) is 0.292. The molecule has 0 heterocycles. The molecular weight excluding hydrogens is 540 g/mol. The zero-order valence-corrected chi connectivity index (χ0v) is 23.2. The molecule has 7 heteroatoms. The molecule has 0 aliphatic heterocycles. The summed E-state index contributed by atoms with van der Waals surface area (Å²) >= 11 is 9.94. The average molecular weight is 572 g/mol. The van der Waals surface area contributed by atoms with Crippen LogP contribution in [0, 0.1) is 6.92 Å². The molecule has 0 spiro atoms. The highest BCUT2D eigenvalue weighted by Gasteiger charge is 2.31. The molecule has 3 rings (SSSR count). The number of carbonyl (C=O) groups is 2. The van der Waals surface area contributed by atoms with Gasteiger partial charge in [0, 0.05) is 28.5 Å². The number of benzene rings is 3. The first kappa shape index (κ1) is 27.8. The third-order valence-electron chi connectivity index (χ3n) is 6.06. The van der Waals surface area contributed by atoms with E-state index in [0.29, 0.717) is 17.2 Å². The lowest BCUT2D eigenvalue weighted by molar-refractivity contribution is -0.143. The summed E-state index contributed by atoms with van der Waals surface area (Å²) in [6.07, 6.45) is 1.16. The van der Waals surface area contributed by atoms with Crippen molar-refractivity contribution in [3.63, 3.8) is 0 Å². The van der Waals surface area contributed by atoms with Gasteiger partial charge in [-0.1, -0.05) is 83.0 Å². The topological polar surface area (TPSA) is 58.6 Å². The summed E-state index contributed by atoms with van der Waals surface area (Å²) in [5.74, 6) is 0.0919. The monoisotopic (exact) mass is 570 g/mol. The van der Waals surface area contributed by atoms with Gasteiger partial charge in [0.05, 0.1) is 0 Å². The van der Waals surface area contributed by atoms with E-state index in [2.05, 4.69) is 21.2 Å². The zero-order valence-electron chi connectivity index (χ0n) is 20.8. The Morgan fingerprint density at radius 3 is 2.42 bits per heavy atom. The van der Waals surface area contributed by atoms with Gasteiger partial charge in [0.1, 0.15) is 11.8 Å². The molecule has 2 amide bonds. The van der Waals surface area contributed by atoms with E-state index < -0.39 is 6.04 Å². The highest BCUT2D eigenvalue weighted by atomic mass is 79.9. The predicted molar refractivity (Wildman–Crippen MR) is 148 cm³/mol. The van der Waals surface area contributed by atoms with E-state index in [4.69, 9.17) is 16.3 Å². The van der Waals surface area contributed by atoms with Crippen LogP contribution in [0.1, 0.15) is 37.0 Å². The summed E-state index contributed by atoms with van der Waals surface area (Å²) in [4.78, 5) is 28.7. The van der Waals surface area contributed by atoms with Gasteiger partial charge in [-0.05, 0) is 61.2 Å². The molecule has 2 atom stereocenters. The van der Waals surface area contributed by atoms with Crippen LogP contribution in [0.3, 0.4) is 0 Å². The number of amides is 2. The van der Waals surface area contributed by atoms with Gasteiger partial charge in [-0.15, -0.1) is 0 Å².